The van der Waals surface area contributed by atoms with Crippen LogP contribution in [0.25, 0.3) is 0 Å². The molecule has 5 rings (SSSR count). The number of anilines is 1. The van der Waals surface area contributed by atoms with E-state index < -0.39 is 0 Å². The van der Waals surface area contributed by atoms with Crippen molar-refractivity contribution in [2.75, 3.05) is 31.1 Å². The smallest absolute Gasteiger partial charge is 0.254 e. The van der Waals surface area contributed by atoms with Crippen LogP contribution in [0.4, 0.5) is 5.82 Å². The lowest BCUT2D eigenvalue weighted by Crippen LogP contribution is -2.42. The van der Waals surface area contributed by atoms with Gasteiger partial charge in [0.1, 0.15) is 5.82 Å². The minimum absolute atomic E-state index is 0.161. The Morgan fingerprint density at radius 1 is 0.963 bits per heavy atom. The zero-order chi connectivity index (χ0) is 18.3. The van der Waals surface area contributed by atoms with Gasteiger partial charge in [0.05, 0.1) is 0 Å². The molecular weight excluding hydrogens is 334 g/mol. The van der Waals surface area contributed by atoms with Crippen molar-refractivity contribution in [2.45, 2.75) is 43.9 Å². The highest BCUT2D eigenvalue weighted by Crippen LogP contribution is 2.46. The maximum absolute atomic E-state index is 12.7. The number of aromatic nitrogens is 1. The fourth-order valence-electron chi connectivity index (χ4n) is 5.27. The number of carbonyl (C=O) groups excluding carboxylic acids is 1. The molecule has 1 spiro atoms. The second-order valence-corrected chi connectivity index (χ2v) is 8.33. The molecule has 4 heteroatoms. The van der Waals surface area contributed by atoms with Crippen LogP contribution in [-0.4, -0.2) is 42.0 Å². The molecule has 2 aliphatic heterocycles. The Hall–Kier alpha value is -2.36. The normalized spacial score (nSPS) is 20.9. The summed E-state index contributed by atoms with van der Waals surface area (Å²) in [5, 5.41) is 0. The van der Waals surface area contributed by atoms with E-state index in [4.69, 9.17) is 0 Å². The number of pyridine rings is 1. The van der Waals surface area contributed by atoms with Crippen LogP contribution in [0, 0.1) is 0 Å². The van der Waals surface area contributed by atoms with Gasteiger partial charge < -0.3 is 9.80 Å². The summed E-state index contributed by atoms with van der Waals surface area (Å²) in [6.07, 6.45) is 8.90. The molecule has 0 saturated carbocycles. The lowest BCUT2D eigenvalue weighted by atomic mass is 9.74. The molecule has 1 aromatic heterocycles. The van der Waals surface area contributed by atoms with E-state index in [2.05, 4.69) is 34.1 Å². The molecule has 0 atom stereocenters. The van der Waals surface area contributed by atoms with Crippen molar-refractivity contribution < 1.29 is 4.79 Å². The zero-order valence-corrected chi connectivity index (χ0v) is 15.9. The summed E-state index contributed by atoms with van der Waals surface area (Å²) in [5.41, 5.74) is 4.27. The fraction of sp³-hybridized carbons (Fsp3) is 0.478. The molecule has 3 heterocycles. The van der Waals surface area contributed by atoms with Gasteiger partial charge in [-0.05, 0) is 67.2 Å². The van der Waals surface area contributed by atoms with Crippen molar-refractivity contribution in [2.24, 2.45) is 0 Å². The molecule has 0 radical (unpaired) electrons. The predicted octanol–water partition coefficient (Wildman–Crippen LogP) is 3.80. The third-order valence-electron chi connectivity index (χ3n) is 6.89. The minimum Gasteiger partial charge on any atom is -0.357 e. The molecule has 27 heavy (non-hydrogen) atoms. The summed E-state index contributed by atoms with van der Waals surface area (Å²) < 4.78 is 0. The first-order valence-electron chi connectivity index (χ1n) is 10.3. The van der Waals surface area contributed by atoms with E-state index >= 15 is 0 Å². The van der Waals surface area contributed by atoms with Gasteiger partial charge in [0, 0.05) is 37.9 Å². The summed E-state index contributed by atoms with van der Waals surface area (Å²) in [6.45, 7) is 3.82. The highest BCUT2D eigenvalue weighted by atomic mass is 16.2. The first-order valence-corrected chi connectivity index (χ1v) is 10.3. The highest BCUT2D eigenvalue weighted by Gasteiger charge is 2.41. The Balaban J connectivity index is 1.32. The van der Waals surface area contributed by atoms with Crippen LogP contribution in [0.5, 0.6) is 0 Å². The largest absolute Gasteiger partial charge is 0.357 e. The molecule has 1 aromatic carbocycles. The summed E-state index contributed by atoms with van der Waals surface area (Å²) in [4.78, 5) is 21.6. The number of benzene rings is 1. The molecule has 1 aliphatic carbocycles. The molecule has 0 bridgehead atoms. The maximum atomic E-state index is 12.7. The third kappa shape index (κ3) is 2.91. The van der Waals surface area contributed by atoms with Crippen LogP contribution in [0.1, 0.15) is 53.6 Å². The molecular formula is C23H27N3O. The first-order chi connectivity index (χ1) is 13.3. The number of aryl methyl sites for hydroxylation is 1. The third-order valence-corrected chi connectivity index (χ3v) is 6.89. The monoisotopic (exact) mass is 361 g/mol. The Kier molecular flexibility index (Phi) is 4.14. The van der Waals surface area contributed by atoms with Gasteiger partial charge in [-0.1, -0.05) is 24.3 Å². The Morgan fingerprint density at radius 2 is 1.74 bits per heavy atom. The van der Waals surface area contributed by atoms with Gasteiger partial charge in [0.25, 0.3) is 5.91 Å². The Morgan fingerprint density at radius 3 is 2.56 bits per heavy atom. The zero-order valence-electron chi connectivity index (χ0n) is 15.9. The molecule has 3 aliphatic rings. The van der Waals surface area contributed by atoms with E-state index in [-0.39, 0.29) is 5.91 Å². The average Bonchev–Trinajstić information content (AvgIpc) is 3.38. The van der Waals surface area contributed by atoms with Crippen LogP contribution >= 0.6 is 0 Å². The van der Waals surface area contributed by atoms with Crippen molar-refractivity contribution >= 4 is 11.7 Å². The first kappa shape index (κ1) is 16.8. The summed E-state index contributed by atoms with van der Waals surface area (Å²) in [5.74, 6) is 1.12. The van der Waals surface area contributed by atoms with Crippen molar-refractivity contribution in [1.82, 2.24) is 9.88 Å². The summed E-state index contributed by atoms with van der Waals surface area (Å²) >= 11 is 0. The topological polar surface area (TPSA) is 36.4 Å². The SMILES string of the molecule is O=C(c1ccnc(N2CCC3(CCc4ccccc43)CC2)c1)N1CCCC1. The average molecular weight is 361 g/mol. The van der Waals surface area contributed by atoms with Gasteiger partial charge in [0.2, 0.25) is 0 Å². The van der Waals surface area contributed by atoms with E-state index in [1.807, 2.05) is 17.0 Å². The van der Waals surface area contributed by atoms with Crippen LogP contribution in [-0.2, 0) is 11.8 Å². The number of hydrogen-bond donors (Lipinski definition) is 0. The molecule has 140 valence electrons. The van der Waals surface area contributed by atoms with E-state index in [1.54, 1.807) is 17.3 Å². The minimum atomic E-state index is 0.161. The quantitative estimate of drug-likeness (QED) is 0.816. The van der Waals surface area contributed by atoms with E-state index in [0.717, 1.165) is 50.4 Å². The van der Waals surface area contributed by atoms with Gasteiger partial charge in [-0.2, -0.15) is 0 Å². The van der Waals surface area contributed by atoms with Gasteiger partial charge in [0.15, 0.2) is 0 Å². The van der Waals surface area contributed by atoms with E-state index in [1.165, 1.54) is 25.7 Å². The number of hydrogen-bond acceptors (Lipinski definition) is 3. The maximum Gasteiger partial charge on any atom is 0.254 e. The highest BCUT2D eigenvalue weighted by molar-refractivity contribution is 5.95. The van der Waals surface area contributed by atoms with Gasteiger partial charge >= 0.3 is 0 Å². The standard InChI is InChI=1S/C23H27N3O/c27-22(26-13-3-4-14-26)19-8-12-24-21(17-19)25-15-10-23(11-16-25)9-7-18-5-1-2-6-20(18)23/h1-2,5-6,8,12,17H,3-4,7,9-11,13-16H2. The lowest BCUT2D eigenvalue weighted by Gasteiger charge is -2.40. The number of rotatable bonds is 2. The summed E-state index contributed by atoms with van der Waals surface area (Å²) in [7, 11) is 0. The lowest BCUT2D eigenvalue weighted by molar-refractivity contribution is 0.0792. The van der Waals surface area contributed by atoms with E-state index in [9.17, 15) is 4.79 Å². The van der Waals surface area contributed by atoms with E-state index in [0.29, 0.717) is 5.41 Å². The number of likely N-dealkylation sites (tertiary alicyclic amines) is 1. The van der Waals surface area contributed by atoms with Crippen LogP contribution in [0.15, 0.2) is 42.6 Å². The van der Waals surface area contributed by atoms with Crippen LogP contribution in [0.2, 0.25) is 0 Å². The molecule has 1 amide bonds. The van der Waals surface area contributed by atoms with Gasteiger partial charge in [-0.3, -0.25) is 4.79 Å². The molecule has 0 unspecified atom stereocenters. The van der Waals surface area contributed by atoms with Crippen LogP contribution in [0.3, 0.4) is 0 Å². The van der Waals surface area contributed by atoms with Crippen LogP contribution < -0.4 is 4.90 Å². The Labute approximate surface area is 161 Å². The molecule has 2 fully saturated rings. The predicted molar refractivity (Wildman–Crippen MR) is 107 cm³/mol. The van der Waals surface area contributed by atoms with Crippen molar-refractivity contribution in [3.63, 3.8) is 0 Å². The number of carbonyl (C=O) groups is 1. The Bertz CT molecular complexity index is 848. The summed E-state index contributed by atoms with van der Waals surface area (Å²) in [6, 6.07) is 12.9. The fourth-order valence-corrected chi connectivity index (χ4v) is 5.27. The molecule has 2 aromatic rings. The molecule has 2 saturated heterocycles. The molecule has 0 N–H and O–H groups in total. The number of amides is 1. The van der Waals surface area contributed by atoms with Gasteiger partial charge in [-0.15, -0.1) is 0 Å². The second-order valence-electron chi connectivity index (χ2n) is 8.33. The van der Waals surface area contributed by atoms with Crippen molar-refractivity contribution in [3.8, 4) is 0 Å². The number of fused-ring (bicyclic) bond motifs is 2. The molecule has 4 nitrogen and oxygen atoms in total. The van der Waals surface area contributed by atoms with Gasteiger partial charge in [-0.25, -0.2) is 4.98 Å². The number of nitrogens with zero attached hydrogens (tertiary/aromatic N) is 3. The second kappa shape index (κ2) is 6.66. The van der Waals surface area contributed by atoms with Crippen molar-refractivity contribution in [1.29, 1.82) is 0 Å². The number of piperidine rings is 1. The van der Waals surface area contributed by atoms with Crippen molar-refractivity contribution in [3.05, 3.63) is 59.3 Å².